The first-order valence-corrected chi connectivity index (χ1v) is 9.43. The first-order chi connectivity index (χ1) is 13.4. The molecule has 0 radical (unpaired) electrons. The number of nitrogens with zero attached hydrogens (tertiary/aromatic N) is 1. The summed E-state index contributed by atoms with van der Waals surface area (Å²) in [5, 5.41) is 6.34. The molecule has 0 spiro atoms. The molecule has 5 nitrogen and oxygen atoms in total. The number of benzene rings is 3. The van der Waals surface area contributed by atoms with Crippen molar-refractivity contribution in [2.24, 2.45) is 5.84 Å². The minimum atomic E-state index is -0.505. The molecule has 0 aliphatic heterocycles. The summed E-state index contributed by atoms with van der Waals surface area (Å²) in [5.74, 6) is 5.41. The molecule has 3 N–H and O–H groups in total. The van der Waals surface area contributed by atoms with Crippen molar-refractivity contribution < 1.29 is 9.59 Å². The molecule has 0 saturated carbocycles. The van der Waals surface area contributed by atoms with Crippen LogP contribution in [-0.4, -0.2) is 22.9 Å². The molecule has 0 bridgehead atoms. The monoisotopic (exact) mass is 415 g/mol. The fourth-order valence-electron chi connectivity index (χ4n) is 2.90. The summed E-state index contributed by atoms with van der Waals surface area (Å²) in [4.78, 5) is 25.2. The van der Waals surface area contributed by atoms with Gasteiger partial charge in [0.25, 0.3) is 5.91 Å². The number of nitrogens with two attached hydrogens (primary N) is 1. The molecular weight excluding hydrogens is 397 g/mol. The molecule has 28 heavy (non-hydrogen) atoms. The minimum Gasteiger partial charge on any atom is -0.326 e. The molecule has 0 aromatic heterocycles. The Kier molecular flexibility index (Phi) is 6.19. The van der Waals surface area contributed by atoms with Crippen LogP contribution >= 0.6 is 23.2 Å². The van der Waals surface area contributed by atoms with Gasteiger partial charge in [0.15, 0.2) is 0 Å². The maximum Gasteiger partial charge on any atom is 0.268 e. The van der Waals surface area contributed by atoms with Crippen molar-refractivity contribution in [2.45, 2.75) is 19.4 Å². The van der Waals surface area contributed by atoms with E-state index in [9.17, 15) is 9.59 Å². The van der Waals surface area contributed by atoms with Crippen LogP contribution in [-0.2, 0) is 4.79 Å². The zero-order valence-electron chi connectivity index (χ0n) is 15.2. The second-order valence-electron chi connectivity index (χ2n) is 6.47. The number of anilines is 1. The summed E-state index contributed by atoms with van der Waals surface area (Å²) in [6.07, 6.45) is 0.0350. The maximum atomic E-state index is 12.9. The molecule has 0 fully saturated rings. The van der Waals surface area contributed by atoms with Crippen molar-refractivity contribution in [3.8, 4) is 0 Å². The van der Waals surface area contributed by atoms with Crippen molar-refractivity contribution in [3.05, 3.63) is 76.3 Å². The van der Waals surface area contributed by atoms with Crippen LogP contribution in [0.25, 0.3) is 10.8 Å². The molecule has 3 rings (SSSR count). The number of halogens is 2. The quantitative estimate of drug-likeness (QED) is 0.354. The highest BCUT2D eigenvalue weighted by Crippen LogP contribution is 2.25. The van der Waals surface area contributed by atoms with E-state index < -0.39 is 6.04 Å². The van der Waals surface area contributed by atoms with Crippen molar-refractivity contribution in [2.75, 3.05) is 5.32 Å². The first kappa shape index (κ1) is 20.1. The van der Waals surface area contributed by atoms with Gasteiger partial charge in [0.2, 0.25) is 5.91 Å². The van der Waals surface area contributed by atoms with Crippen LogP contribution in [0.1, 0.15) is 23.7 Å². The number of carbonyl (C=O) groups excluding carboxylic acids is 2. The molecule has 0 saturated heterocycles. The van der Waals surface area contributed by atoms with Gasteiger partial charge in [-0.05, 0) is 42.0 Å². The number of amides is 2. The van der Waals surface area contributed by atoms with Gasteiger partial charge in [-0.2, -0.15) is 0 Å². The van der Waals surface area contributed by atoms with E-state index in [0.29, 0.717) is 21.3 Å². The molecular formula is C21H19Cl2N3O2. The summed E-state index contributed by atoms with van der Waals surface area (Å²) in [7, 11) is 0. The number of hydrogen-bond acceptors (Lipinski definition) is 3. The molecule has 0 heterocycles. The van der Waals surface area contributed by atoms with Crippen molar-refractivity contribution >= 4 is 51.5 Å². The van der Waals surface area contributed by atoms with E-state index in [-0.39, 0.29) is 18.2 Å². The predicted octanol–water partition coefficient (Wildman–Crippen LogP) is 4.88. The van der Waals surface area contributed by atoms with Gasteiger partial charge in [0.05, 0.1) is 16.1 Å². The second-order valence-corrected chi connectivity index (χ2v) is 7.28. The summed E-state index contributed by atoms with van der Waals surface area (Å²) in [6.45, 7) is 1.72. The SMILES string of the molecule is CC(CC(=O)Nc1ccc(Cl)c(Cl)c1)N(N)C(=O)c1cccc2ccccc12. The maximum absolute atomic E-state index is 12.9. The van der Waals surface area contributed by atoms with Gasteiger partial charge in [-0.15, -0.1) is 0 Å². The largest absolute Gasteiger partial charge is 0.326 e. The van der Waals surface area contributed by atoms with Crippen LogP contribution in [0.3, 0.4) is 0 Å². The van der Waals surface area contributed by atoms with E-state index in [1.54, 1.807) is 31.2 Å². The van der Waals surface area contributed by atoms with Gasteiger partial charge in [0, 0.05) is 17.7 Å². The highest BCUT2D eigenvalue weighted by atomic mass is 35.5. The fourth-order valence-corrected chi connectivity index (χ4v) is 3.20. The van der Waals surface area contributed by atoms with E-state index in [1.807, 2.05) is 36.4 Å². The summed E-state index contributed by atoms with van der Waals surface area (Å²) >= 11 is 11.8. The number of fused-ring (bicyclic) bond motifs is 1. The predicted molar refractivity (Wildman–Crippen MR) is 113 cm³/mol. The Bertz CT molecular complexity index is 1030. The number of rotatable bonds is 5. The highest BCUT2D eigenvalue weighted by molar-refractivity contribution is 6.42. The number of carbonyl (C=O) groups is 2. The van der Waals surface area contributed by atoms with Gasteiger partial charge in [-0.3, -0.25) is 14.6 Å². The Labute approximate surface area is 173 Å². The first-order valence-electron chi connectivity index (χ1n) is 8.67. The molecule has 2 amide bonds. The van der Waals surface area contributed by atoms with Crippen molar-refractivity contribution in [1.82, 2.24) is 5.01 Å². The highest BCUT2D eigenvalue weighted by Gasteiger charge is 2.22. The topological polar surface area (TPSA) is 75.4 Å². The number of hydrogen-bond donors (Lipinski definition) is 2. The Morgan fingerprint density at radius 2 is 1.75 bits per heavy atom. The minimum absolute atomic E-state index is 0.0350. The van der Waals surface area contributed by atoms with Gasteiger partial charge in [0.1, 0.15) is 0 Å². The lowest BCUT2D eigenvalue weighted by Crippen LogP contribution is -2.45. The van der Waals surface area contributed by atoms with Gasteiger partial charge >= 0.3 is 0 Å². The molecule has 0 aliphatic rings. The van der Waals surface area contributed by atoms with E-state index in [4.69, 9.17) is 29.0 Å². The lowest BCUT2D eigenvalue weighted by Gasteiger charge is -2.24. The molecule has 3 aromatic rings. The zero-order chi connectivity index (χ0) is 20.3. The average Bonchev–Trinajstić information content (AvgIpc) is 2.69. The van der Waals surface area contributed by atoms with Crippen LogP contribution in [0.4, 0.5) is 5.69 Å². The molecule has 0 aliphatic carbocycles. The average molecular weight is 416 g/mol. The van der Waals surface area contributed by atoms with Crippen LogP contribution in [0.5, 0.6) is 0 Å². The molecule has 144 valence electrons. The van der Waals surface area contributed by atoms with Crippen LogP contribution in [0, 0.1) is 0 Å². The van der Waals surface area contributed by atoms with E-state index in [1.165, 1.54) is 0 Å². The molecule has 1 atom stereocenters. The normalized spacial score (nSPS) is 11.9. The summed E-state index contributed by atoms with van der Waals surface area (Å²) < 4.78 is 0. The Morgan fingerprint density at radius 3 is 2.50 bits per heavy atom. The van der Waals surface area contributed by atoms with Gasteiger partial charge < -0.3 is 5.32 Å². The summed E-state index contributed by atoms with van der Waals surface area (Å²) in [5.41, 5.74) is 1.02. The lowest BCUT2D eigenvalue weighted by molar-refractivity contribution is -0.117. The smallest absolute Gasteiger partial charge is 0.268 e. The number of nitrogens with one attached hydrogen (secondary N) is 1. The molecule has 7 heteroatoms. The molecule has 3 aromatic carbocycles. The Morgan fingerprint density at radius 1 is 1.04 bits per heavy atom. The third kappa shape index (κ3) is 4.44. The van der Waals surface area contributed by atoms with Crippen LogP contribution in [0.2, 0.25) is 10.0 Å². The Hall–Kier alpha value is -2.60. The lowest BCUT2D eigenvalue weighted by atomic mass is 10.0. The van der Waals surface area contributed by atoms with Crippen molar-refractivity contribution in [1.29, 1.82) is 0 Å². The second kappa shape index (κ2) is 8.61. The third-order valence-electron chi connectivity index (χ3n) is 4.41. The van der Waals surface area contributed by atoms with Gasteiger partial charge in [-0.1, -0.05) is 59.6 Å². The van der Waals surface area contributed by atoms with Crippen LogP contribution < -0.4 is 11.2 Å². The van der Waals surface area contributed by atoms with E-state index >= 15 is 0 Å². The third-order valence-corrected chi connectivity index (χ3v) is 5.15. The van der Waals surface area contributed by atoms with Crippen molar-refractivity contribution in [3.63, 3.8) is 0 Å². The van der Waals surface area contributed by atoms with Gasteiger partial charge in [-0.25, -0.2) is 5.84 Å². The fraction of sp³-hybridized carbons (Fsp3) is 0.143. The number of hydrazine groups is 1. The van der Waals surface area contributed by atoms with E-state index in [2.05, 4.69) is 5.32 Å². The van der Waals surface area contributed by atoms with Crippen LogP contribution in [0.15, 0.2) is 60.7 Å². The zero-order valence-corrected chi connectivity index (χ0v) is 16.7. The standard InChI is InChI=1S/C21H19Cl2N3O2/c1-13(11-20(27)25-15-9-10-18(22)19(23)12-15)26(24)21(28)17-8-4-6-14-5-2-3-7-16(14)17/h2-10,12-13H,11,24H2,1H3,(H,25,27). The summed E-state index contributed by atoms with van der Waals surface area (Å²) in [6, 6.07) is 17.4. The molecule has 1 unspecified atom stereocenters. The Balaban J connectivity index is 1.69. The van der Waals surface area contributed by atoms with E-state index in [0.717, 1.165) is 15.8 Å².